The van der Waals surface area contributed by atoms with Gasteiger partial charge in [0, 0.05) is 11.3 Å². The van der Waals surface area contributed by atoms with Crippen LogP contribution in [0.3, 0.4) is 0 Å². The SMILES string of the molecule is C/C=C\C=C/c1cc(-c2ccc(-n3c(-c4ccc(B5OC(C)(C)C(C)(C)O5)cc4)nc4ccccc43)cc2)c2ccccc2c1-c1ccc2ccccc2c1. The molecule has 55 heavy (non-hydrogen) atoms. The minimum absolute atomic E-state index is 0.396. The molecule has 1 aliphatic rings. The summed E-state index contributed by atoms with van der Waals surface area (Å²) in [5, 5.41) is 4.92. The van der Waals surface area contributed by atoms with Gasteiger partial charge in [0.25, 0.3) is 0 Å². The molecule has 0 spiro atoms. The summed E-state index contributed by atoms with van der Waals surface area (Å²) in [5.74, 6) is 0.885. The Labute approximate surface area is 323 Å². The number of aromatic nitrogens is 2. The van der Waals surface area contributed by atoms with Crippen LogP contribution in [0.4, 0.5) is 0 Å². The average Bonchev–Trinajstić information content (AvgIpc) is 3.70. The molecule has 0 bridgehead atoms. The number of hydrogen-bond donors (Lipinski definition) is 0. The normalized spacial score (nSPS) is 15.3. The van der Waals surface area contributed by atoms with E-state index in [0.717, 1.165) is 39.1 Å². The molecule has 0 amide bonds. The molecule has 1 fully saturated rings. The Balaban J connectivity index is 1.13. The van der Waals surface area contributed by atoms with Crippen LogP contribution in [0.1, 0.15) is 40.2 Å². The standard InChI is InChI=1S/C50H43BN2O2/c1-6-7-8-17-38-33-44(42-18-11-12-19-43(42)47(38)39-23-22-34-15-9-10-16-37(34)32-39)35-26-30-41(31-27-35)53-46-21-14-13-20-45(46)52-48(53)36-24-28-40(29-25-36)51-54-49(2,3)50(4,5)55-51/h6-33H,1-5H3/b7-6-,17-8-. The van der Waals surface area contributed by atoms with Crippen molar-refractivity contribution in [2.45, 2.75) is 45.8 Å². The summed E-state index contributed by atoms with van der Waals surface area (Å²) in [4.78, 5) is 5.15. The third kappa shape index (κ3) is 6.20. The van der Waals surface area contributed by atoms with Gasteiger partial charge in [-0.15, -0.1) is 0 Å². The molecule has 0 radical (unpaired) electrons. The number of rotatable bonds is 7. The van der Waals surface area contributed by atoms with Gasteiger partial charge in [-0.3, -0.25) is 4.57 Å². The molecule has 0 saturated carbocycles. The van der Waals surface area contributed by atoms with E-state index < -0.39 is 18.3 Å². The van der Waals surface area contributed by atoms with Crippen molar-refractivity contribution < 1.29 is 9.31 Å². The molecule has 268 valence electrons. The van der Waals surface area contributed by atoms with Gasteiger partial charge in [0.05, 0.1) is 22.2 Å². The third-order valence-corrected chi connectivity index (χ3v) is 11.4. The minimum atomic E-state index is -0.415. The lowest BCUT2D eigenvalue weighted by molar-refractivity contribution is 0.00578. The monoisotopic (exact) mass is 714 g/mol. The second kappa shape index (κ2) is 13.7. The number of allylic oxidation sites excluding steroid dienone is 3. The zero-order valence-corrected chi connectivity index (χ0v) is 32.0. The second-order valence-electron chi connectivity index (χ2n) is 15.4. The van der Waals surface area contributed by atoms with Crippen molar-refractivity contribution in [2.75, 3.05) is 0 Å². The van der Waals surface area contributed by atoms with Gasteiger partial charge in [-0.05, 0) is 126 Å². The van der Waals surface area contributed by atoms with Crippen LogP contribution in [-0.4, -0.2) is 27.9 Å². The Morgan fingerprint density at radius 1 is 0.600 bits per heavy atom. The summed E-state index contributed by atoms with van der Waals surface area (Å²) in [5.41, 5.74) is 10.3. The summed E-state index contributed by atoms with van der Waals surface area (Å²) in [6.45, 7) is 10.4. The quantitative estimate of drug-likeness (QED) is 0.122. The first-order chi connectivity index (χ1) is 26.7. The molecule has 0 aliphatic carbocycles. The first kappa shape index (κ1) is 34.7. The lowest BCUT2D eigenvalue weighted by atomic mass is 9.79. The smallest absolute Gasteiger partial charge is 0.399 e. The van der Waals surface area contributed by atoms with Crippen LogP contribution in [0, 0.1) is 0 Å². The summed E-state index contributed by atoms with van der Waals surface area (Å²) in [6.07, 6.45) is 8.52. The Kier molecular flexibility index (Phi) is 8.65. The molecule has 2 heterocycles. The van der Waals surface area contributed by atoms with Gasteiger partial charge in [0.15, 0.2) is 0 Å². The summed E-state index contributed by atoms with van der Waals surface area (Å²) < 4.78 is 14.9. The van der Waals surface area contributed by atoms with E-state index in [0.29, 0.717) is 0 Å². The fraction of sp³-hybridized carbons (Fsp3) is 0.140. The first-order valence-corrected chi connectivity index (χ1v) is 19.1. The molecule has 1 aliphatic heterocycles. The molecule has 1 saturated heterocycles. The van der Waals surface area contributed by atoms with E-state index in [-0.39, 0.29) is 0 Å². The van der Waals surface area contributed by atoms with Crippen molar-refractivity contribution in [1.29, 1.82) is 0 Å². The number of hydrogen-bond acceptors (Lipinski definition) is 3. The highest BCUT2D eigenvalue weighted by Crippen LogP contribution is 2.41. The highest BCUT2D eigenvalue weighted by Gasteiger charge is 2.51. The van der Waals surface area contributed by atoms with Crippen molar-refractivity contribution in [3.63, 3.8) is 0 Å². The zero-order valence-electron chi connectivity index (χ0n) is 32.0. The molecule has 1 aromatic heterocycles. The molecule has 0 unspecified atom stereocenters. The van der Waals surface area contributed by atoms with Crippen LogP contribution >= 0.6 is 0 Å². The van der Waals surface area contributed by atoms with E-state index in [2.05, 4.69) is 196 Å². The van der Waals surface area contributed by atoms with Crippen LogP contribution in [0.2, 0.25) is 0 Å². The van der Waals surface area contributed by atoms with Crippen molar-refractivity contribution in [3.05, 3.63) is 169 Å². The number of imidazole rings is 1. The molecule has 7 aromatic carbocycles. The maximum absolute atomic E-state index is 6.34. The molecular weight excluding hydrogens is 671 g/mol. The maximum atomic E-state index is 6.34. The number of nitrogens with zero attached hydrogens (tertiary/aromatic N) is 2. The third-order valence-electron chi connectivity index (χ3n) is 11.4. The van der Waals surface area contributed by atoms with Crippen molar-refractivity contribution in [1.82, 2.24) is 9.55 Å². The van der Waals surface area contributed by atoms with Gasteiger partial charge in [0.1, 0.15) is 5.82 Å². The van der Waals surface area contributed by atoms with E-state index in [1.54, 1.807) is 0 Å². The van der Waals surface area contributed by atoms with Gasteiger partial charge in [-0.25, -0.2) is 4.98 Å². The molecule has 5 heteroatoms. The van der Waals surface area contributed by atoms with Crippen LogP contribution < -0.4 is 5.46 Å². The fourth-order valence-electron chi connectivity index (χ4n) is 7.74. The average molecular weight is 715 g/mol. The molecular formula is C50H43BN2O2. The predicted octanol–water partition coefficient (Wildman–Crippen LogP) is 12.2. The van der Waals surface area contributed by atoms with Crippen molar-refractivity contribution in [2.24, 2.45) is 0 Å². The number of para-hydroxylation sites is 2. The highest BCUT2D eigenvalue weighted by atomic mass is 16.7. The fourth-order valence-corrected chi connectivity index (χ4v) is 7.74. The lowest BCUT2D eigenvalue weighted by Crippen LogP contribution is -2.41. The summed E-state index contributed by atoms with van der Waals surface area (Å²) >= 11 is 0. The van der Waals surface area contributed by atoms with Crippen LogP contribution in [0.25, 0.3) is 78.0 Å². The van der Waals surface area contributed by atoms with Gasteiger partial charge in [-0.2, -0.15) is 0 Å². The summed E-state index contributed by atoms with van der Waals surface area (Å²) in [6, 6.07) is 52.2. The number of fused-ring (bicyclic) bond motifs is 3. The zero-order chi connectivity index (χ0) is 37.7. The first-order valence-electron chi connectivity index (χ1n) is 19.1. The molecule has 9 rings (SSSR count). The van der Waals surface area contributed by atoms with E-state index in [9.17, 15) is 0 Å². The van der Waals surface area contributed by atoms with E-state index >= 15 is 0 Å². The van der Waals surface area contributed by atoms with Crippen LogP contribution in [0.15, 0.2) is 164 Å². The van der Waals surface area contributed by atoms with Gasteiger partial charge in [0.2, 0.25) is 0 Å². The van der Waals surface area contributed by atoms with Crippen molar-refractivity contribution in [3.8, 4) is 39.3 Å². The lowest BCUT2D eigenvalue weighted by Gasteiger charge is -2.32. The van der Waals surface area contributed by atoms with Crippen LogP contribution in [0.5, 0.6) is 0 Å². The Morgan fingerprint density at radius 2 is 1.24 bits per heavy atom. The molecule has 0 atom stereocenters. The van der Waals surface area contributed by atoms with Crippen molar-refractivity contribution >= 4 is 51.2 Å². The maximum Gasteiger partial charge on any atom is 0.494 e. The Hall–Kier alpha value is -6.01. The molecule has 8 aromatic rings. The number of benzene rings is 7. The second-order valence-corrected chi connectivity index (χ2v) is 15.4. The molecule has 4 nitrogen and oxygen atoms in total. The molecule has 0 N–H and O–H groups in total. The van der Waals surface area contributed by atoms with Crippen LogP contribution in [-0.2, 0) is 9.31 Å². The Morgan fingerprint density at radius 3 is 1.98 bits per heavy atom. The largest absolute Gasteiger partial charge is 0.494 e. The minimum Gasteiger partial charge on any atom is -0.399 e. The summed E-state index contributed by atoms with van der Waals surface area (Å²) in [7, 11) is -0.415. The van der Waals surface area contributed by atoms with Gasteiger partial charge >= 0.3 is 7.12 Å². The van der Waals surface area contributed by atoms with Gasteiger partial charge < -0.3 is 9.31 Å². The van der Waals surface area contributed by atoms with Gasteiger partial charge in [-0.1, -0.05) is 133 Å². The predicted molar refractivity (Wildman–Crippen MR) is 232 cm³/mol. The van der Waals surface area contributed by atoms with E-state index in [1.807, 2.05) is 13.0 Å². The van der Waals surface area contributed by atoms with E-state index in [4.69, 9.17) is 14.3 Å². The highest BCUT2D eigenvalue weighted by molar-refractivity contribution is 6.62. The Bertz CT molecular complexity index is 2760. The topological polar surface area (TPSA) is 36.3 Å². The van der Waals surface area contributed by atoms with E-state index in [1.165, 1.54) is 43.8 Å².